The maximum absolute atomic E-state index is 12.0. The normalized spacial score (nSPS) is 15.8. The van der Waals surface area contributed by atoms with Crippen LogP contribution in [0.25, 0.3) is 0 Å². The van der Waals surface area contributed by atoms with Crippen LogP contribution in [-0.4, -0.2) is 56.2 Å². The van der Waals surface area contributed by atoms with E-state index in [4.69, 9.17) is 16.3 Å². The molecule has 0 saturated carbocycles. The van der Waals surface area contributed by atoms with Gasteiger partial charge in [-0.1, -0.05) is 11.6 Å². The molecule has 2 N–H and O–H groups in total. The molecule has 0 bridgehead atoms. The highest BCUT2D eigenvalue weighted by Gasteiger charge is 2.21. The lowest BCUT2D eigenvalue weighted by Gasteiger charge is -2.34. The van der Waals surface area contributed by atoms with E-state index in [2.05, 4.69) is 20.5 Å². The highest BCUT2D eigenvalue weighted by Crippen LogP contribution is 2.14. The predicted molar refractivity (Wildman–Crippen MR) is 107 cm³/mol. The molecule has 0 aromatic heterocycles. The van der Waals surface area contributed by atoms with Crippen LogP contribution in [0.5, 0.6) is 0 Å². The SMILES string of the molecule is CCOC1CCN(C(=NC)NCCCC(=O)Nc2ccc(Cl)cc2)CC1. The topological polar surface area (TPSA) is 66.0 Å². The van der Waals surface area contributed by atoms with Crippen molar-refractivity contribution in [1.29, 1.82) is 0 Å². The molecule has 1 fully saturated rings. The number of hydrogen-bond donors (Lipinski definition) is 2. The number of hydrogen-bond acceptors (Lipinski definition) is 3. The lowest BCUT2D eigenvalue weighted by atomic mass is 10.1. The molecule has 1 heterocycles. The molecule has 1 aromatic carbocycles. The van der Waals surface area contributed by atoms with Crippen molar-refractivity contribution in [2.24, 2.45) is 4.99 Å². The quantitative estimate of drug-likeness (QED) is 0.433. The third-order valence-corrected chi connectivity index (χ3v) is 4.60. The number of piperidine rings is 1. The summed E-state index contributed by atoms with van der Waals surface area (Å²) in [6.07, 6.45) is 3.62. The molecular weight excluding hydrogens is 352 g/mol. The zero-order valence-corrected chi connectivity index (χ0v) is 16.4. The Morgan fingerprint density at radius 2 is 2.00 bits per heavy atom. The van der Waals surface area contributed by atoms with Crippen LogP contribution in [-0.2, 0) is 9.53 Å². The molecule has 1 amide bonds. The molecule has 1 saturated heterocycles. The van der Waals surface area contributed by atoms with Gasteiger partial charge in [-0.2, -0.15) is 0 Å². The van der Waals surface area contributed by atoms with Crippen LogP contribution in [0, 0.1) is 0 Å². The summed E-state index contributed by atoms with van der Waals surface area (Å²) in [5.41, 5.74) is 0.764. The van der Waals surface area contributed by atoms with Crippen molar-refractivity contribution in [2.45, 2.75) is 38.7 Å². The highest BCUT2D eigenvalue weighted by molar-refractivity contribution is 6.30. The Morgan fingerprint density at radius 1 is 1.31 bits per heavy atom. The van der Waals surface area contributed by atoms with Gasteiger partial charge in [-0.3, -0.25) is 9.79 Å². The first kappa shape index (κ1) is 20.5. The van der Waals surface area contributed by atoms with Crippen LogP contribution >= 0.6 is 11.6 Å². The molecule has 0 atom stereocenters. The number of amides is 1. The summed E-state index contributed by atoms with van der Waals surface area (Å²) < 4.78 is 5.69. The van der Waals surface area contributed by atoms with Gasteiger partial charge >= 0.3 is 0 Å². The van der Waals surface area contributed by atoms with Crippen LogP contribution in [0.4, 0.5) is 5.69 Å². The Morgan fingerprint density at radius 3 is 2.62 bits per heavy atom. The zero-order valence-electron chi connectivity index (χ0n) is 15.6. The summed E-state index contributed by atoms with van der Waals surface area (Å²) in [6.45, 7) is 5.42. The second kappa shape index (κ2) is 11.0. The molecule has 0 radical (unpaired) electrons. The third-order valence-electron chi connectivity index (χ3n) is 4.35. The Bertz CT molecular complexity index is 584. The van der Waals surface area contributed by atoms with E-state index in [1.54, 1.807) is 31.3 Å². The minimum atomic E-state index is 0.00152. The number of nitrogens with zero attached hydrogens (tertiary/aromatic N) is 2. The molecule has 1 aliphatic heterocycles. The Kier molecular flexibility index (Phi) is 8.71. The van der Waals surface area contributed by atoms with Gasteiger partial charge in [0.25, 0.3) is 0 Å². The standard InChI is InChI=1S/C19H29ClN4O2/c1-3-26-17-10-13-24(14-11-17)19(21-2)22-12-4-5-18(25)23-16-8-6-15(20)7-9-16/h6-9,17H,3-5,10-14H2,1-2H3,(H,21,22)(H,23,25). The summed E-state index contributed by atoms with van der Waals surface area (Å²) in [4.78, 5) is 18.6. The molecule has 2 rings (SSSR count). The number of nitrogens with one attached hydrogen (secondary N) is 2. The number of ether oxygens (including phenoxy) is 1. The number of anilines is 1. The van der Waals surface area contributed by atoms with Crippen LogP contribution < -0.4 is 10.6 Å². The van der Waals surface area contributed by atoms with Gasteiger partial charge in [0, 0.05) is 50.4 Å². The zero-order chi connectivity index (χ0) is 18.8. The van der Waals surface area contributed by atoms with Crippen LogP contribution in [0.3, 0.4) is 0 Å². The van der Waals surface area contributed by atoms with E-state index in [1.165, 1.54) is 0 Å². The van der Waals surface area contributed by atoms with E-state index in [-0.39, 0.29) is 5.91 Å². The Balaban J connectivity index is 1.64. The smallest absolute Gasteiger partial charge is 0.224 e. The summed E-state index contributed by atoms with van der Waals surface area (Å²) in [5, 5.41) is 6.88. The van der Waals surface area contributed by atoms with Crippen LogP contribution in [0.15, 0.2) is 29.3 Å². The van der Waals surface area contributed by atoms with Gasteiger partial charge in [0.15, 0.2) is 5.96 Å². The maximum atomic E-state index is 12.0. The van der Waals surface area contributed by atoms with Crippen molar-refractivity contribution in [2.75, 3.05) is 38.6 Å². The maximum Gasteiger partial charge on any atom is 0.224 e. The molecule has 26 heavy (non-hydrogen) atoms. The number of benzene rings is 1. The fourth-order valence-electron chi connectivity index (χ4n) is 3.01. The summed E-state index contributed by atoms with van der Waals surface area (Å²) >= 11 is 5.84. The minimum absolute atomic E-state index is 0.00152. The number of carbonyl (C=O) groups is 1. The largest absolute Gasteiger partial charge is 0.378 e. The molecule has 0 spiro atoms. The number of aliphatic imine (C=N–C) groups is 1. The first-order valence-corrected chi connectivity index (χ1v) is 9.62. The van der Waals surface area contributed by atoms with E-state index >= 15 is 0 Å². The van der Waals surface area contributed by atoms with Crippen molar-refractivity contribution >= 4 is 29.2 Å². The summed E-state index contributed by atoms with van der Waals surface area (Å²) in [5.74, 6) is 0.902. The summed E-state index contributed by atoms with van der Waals surface area (Å²) in [6, 6.07) is 7.12. The van der Waals surface area contributed by atoms with Crippen molar-refractivity contribution in [1.82, 2.24) is 10.2 Å². The molecule has 1 aromatic rings. The molecule has 7 heteroatoms. The molecule has 1 aliphatic rings. The third kappa shape index (κ3) is 6.84. The average Bonchev–Trinajstić information content (AvgIpc) is 2.65. The van der Waals surface area contributed by atoms with Crippen LogP contribution in [0.2, 0.25) is 5.02 Å². The summed E-state index contributed by atoms with van der Waals surface area (Å²) in [7, 11) is 1.80. The predicted octanol–water partition coefficient (Wildman–Crippen LogP) is 3.14. The number of guanidine groups is 1. The molecule has 6 nitrogen and oxygen atoms in total. The van der Waals surface area contributed by atoms with Crippen molar-refractivity contribution in [3.63, 3.8) is 0 Å². The Hall–Kier alpha value is -1.79. The second-order valence-electron chi connectivity index (χ2n) is 6.27. The first-order valence-electron chi connectivity index (χ1n) is 9.25. The molecule has 0 aliphatic carbocycles. The minimum Gasteiger partial charge on any atom is -0.378 e. The average molecular weight is 381 g/mol. The number of halogens is 1. The van der Waals surface area contributed by atoms with Crippen molar-refractivity contribution in [3.8, 4) is 0 Å². The second-order valence-corrected chi connectivity index (χ2v) is 6.71. The van der Waals surface area contributed by atoms with Gasteiger partial charge in [-0.05, 0) is 50.5 Å². The van der Waals surface area contributed by atoms with Gasteiger partial charge in [0.1, 0.15) is 0 Å². The van der Waals surface area contributed by atoms with E-state index < -0.39 is 0 Å². The number of carbonyl (C=O) groups excluding carboxylic acids is 1. The van der Waals surface area contributed by atoms with E-state index in [9.17, 15) is 4.79 Å². The fourth-order valence-corrected chi connectivity index (χ4v) is 3.13. The van der Waals surface area contributed by atoms with Gasteiger partial charge < -0.3 is 20.3 Å². The van der Waals surface area contributed by atoms with Gasteiger partial charge in [0.05, 0.1) is 6.10 Å². The van der Waals surface area contributed by atoms with E-state index in [0.29, 0.717) is 24.1 Å². The first-order chi connectivity index (χ1) is 12.6. The fraction of sp³-hybridized carbons (Fsp3) is 0.579. The van der Waals surface area contributed by atoms with Gasteiger partial charge in [0.2, 0.25) is 5.91 Å². The molecule has 144 valence electrons. The lowest BCUT2D eigenvalue weighted by molar-refractivity contribution is -0.116. The Labute approximate surface area is 161 Å². The van der Waals surface area contributed by atoms with E-state index in [0.717, 1.165) is 50.6 Å². The van der Waals surface area contributed by atoms with Gasteiger partial charge in [-0.25, -0.2) is 0 Å². The van der Waals surface area contributed by atoms with Crippen molar-refractivity contribution in [3.05, 3.63) is 29.3 Å². The lowest BCUT2D eigenvalue weighted by Crippen LogP contribution is -2.47. The highest BCUT2D eigenvalue weighted by atomic mass is 35.5. The van der Waals surface area contributed by atoms with Gasteiger partial charge in [-0.15, -0.1) is 0 Å². The number of rotatable bonds is 7. The van der Waals surface area contributed by atoms with Crippen LogP contribution in [0.1, 0.15) is 32.6 Å². The number of likely N-dealkylation sites (tertiary alicyclic amines) is 1. The monoisotopic (exact) mass is 380 g/mol. The van der Waals surface area contributed by atoms with Crippen molar-refractivity contribution < 1.29 is 9.53 Å². The van der Waals surface area contributed by atoms with E-state index in [1.807, 2.05) is 6.92 Å². The molecule has 0 unspecified atom stereocenters. The molecular formula is C19H29ClN4O2.